The lowest BCUT2D eigenvalue weighted by molar-refractivity contribution is -0.155. The van der Waals surface area contributed by atoms with Crippen molar-refractivity contribution in [2.45, 2.75) is 71.4 Å². The Balaban J connectivity index is 1.27. The molecule has 39 heavy (non-hydrogen) atoms. The van der Waals surface area contributed by atoms with Crippen molar-refractivity contribution < 1.29 is 9.53 Å². The molecular weight excluding hydrogens is 512 g/mol. The lowest BCUT2D eigenvalue weighted by Crippen LogP contribution is -2.69. The molecule has 1 aromatic heterocycles. The molecule has 3 saturated carbocycles. The predicted molar refractivity (Wildman–Crippen MR) is 157 cm³/mol. The van der Waals surface area contributed by atoms with Crippen molar-refractivity contribution in [1.29, 1.82) is 0 Å². The average molecular weight is 555 g/mol. The molecule has 4 fully saturated rings. The van der Waals surface area contributed by atoms with Crippen LogP contribution in [0.1, 0.15) is 60.3 Å². The topological polar surface area (TPSA) is 91.4 Å². The number of nitrogens with one attached hydrogen (secondary N) is 3. The number of hydrogen-bond donors (Lipinski definition) is 3. The van der Waals surface area contributed by atoms with Gasteiger partial charge in [-0.3, -0.25) is 9.69 Å². The maximum atomic E-state index is 12.9. The number of rotatable bonds is 9. The molecule has 2 heterocycles. The smallest absolute Gasteiger partial charge is 0.229 e. The summed E-state index contributed by atoms with van der Waals surface area (Å²) in [6, 6.07) is 7.85. The SMILES string of the molecule is CNC(=O)[C@H]1C[C@@H]2C[C@H](C2(C)C)[C@@]1(C)Nc1nc(Nc2ccc(OCC(C)(C)N3CCCC3)cc2)ncc1Cl. The minimum absolute atomic E-state index is 0.00929. The molecule has 1 saturated heterocycles. The fraction of sp³-hybridized carbons (Fsp3) is 0.633. The summed E-state index contributed by atoms with van der Waals surface area (Å²) in [6.45, 7) is 14.2. The van der Waals surface area contributed by atoms with Crippen molar-refractivity contribution >= 4 is 35.0 Å². The molecule has 3 N–H and O–H groups in total. The first kappa shape index (κ1) is 28.0. The van der Waals surface area contributed by atoms with Crippen LogP contribution in [0.25, 0.3) is 0 Å². The van der Waals surface area contributed by atoms with Crippen LogP contribution in [0.5, 0.6) is 5.75 Å². The van der Waals surface area contributed by atoms with E-state index in [-0.39, 0.29) is 22.8 Å². The van der Waals surface area contributed by atoms with E-state index in [4.69, 9.17) is 21.3 Å². The number of fused-ring (bicyclic) bond motifs is 2. The molecule has 0 unspecified atom stereocenters. The molecule has 1 amide bonds. The van der Waals surface area contributed by atoms with E-state index >= 15 is 0 Å². The second kappa shape index (κ2) is 10.4. The Morgan fingerprint density at radius 3 is 2.49 bits per heavy atom. The summed E-state index contributed by atoms with van der Waals surface area (Å²) in [4.78, 5) is 24.5. The van der Waals surface area contributed by atoms with Crippen LogP contribution in [0.2, 0.25) is 5.02 Å². The predicted octanol–water partition coefficient (Wildman–Crippen LogP) is 5.73. The van der Waals surface area contributed by atoms with Gasteiger partial charge in [-0.05, 0) is 101 Å². The van der Waals surface area contributed by atoms with Crippen LogP contribution in [0, 0.1) is 23.2 Å². The molecule has 4 aliphatic rings. The molecule has 3 aliphatic carbocycles. The fourth-order valence-electron chi connectivity index (χ4n) is 7.14. The van der Waals surface area contributed by atoms with Crippen LogP contribution >= 0.6 is 11.6 Å². The summed E-state index contributed by atoms with van der Waals surface area (Å²) in [6.07, 6.45) is 6.08. The van der Waals surface area contributed by atoms with Gasteiger partial charge in [-0.1, -0.05) is 25.4 Å². The first-order chi connectivity index (χ1) is 18.4. The average Bonchev–Trinajstić information content (AvgIpc) is 3.46. The molecule has 212 valence electrons. The van der Waals surface area contributed by atoms with Gasteiger partial charge in [0.1, 0.15) is 17.4 Å². The highest BCUT2D eigenvalue weighted by molar-refractivity contribution is 6.32. The number of likely N-dealkylation sites (tertiary alicyclic amines) is 1. The third-order valence-corrected chi connectivity index (χ3v) is 10.1. The van der Waals surface area contributed by atoms with Gasteiger partial charge in [-0.15, -0.1) is 0 Å². The highest BCUT2D eigenvalue weighted by atomic mass is 35.5. The van der Waals surface area contributed by atoms with Crippen LogP contribution < -0.4 is 20.7 Å². The number of amides is 1. The lowest BCUT2D eigenvalue weighted by atomic mass is 9.40. The number of carbonyl (C=O) groups is 1. The molecule has 2 aromatic rings. The Morgan fingerprint density at radius 1 is 1.15 bits per heavy atom. The van der Waals surface area contributed by atoms with E-state index in [0.717, 1.165) is 37.4 Å². The van der Waals surface area contributed by atoms with Gasteiger partial charge in [0.25, 0.3) is 0 Å². The first-order valence-corrected chi connectivity index (χ1v) is 14.6. The number of hydrogen-bond acceptors (Lipinski definition) is 7. The van der Waals surface area contributed by atoms with E-state index in [9.17, 15) is 4.79 Å². The molecule has 8 nitrogen and oxygen atoms in total. The Kier molecular flexibility index (Phi) is 7.48. The summed E-state index contributed by atoms with van der Waals surface area (Å²) >= 11 is 6.58. The van der Waals surface area contributed by atoms with Crippen molar-refractivity contribution in [1.82, 2.24) is 20.2 Å². The van der Waals surface area contributed by atoms with Gasteiger partial charge in [0, 0.05) is 18.3 Å². The van der Waals surface area contributed by atoms with Gasteiger partial charge in [0.2, 0.25) is 11.9 Å². The van der Waals surface area contributed by atoms with E-state index in [0.29, 0.717) is 35.2 Å². The van der Waals surface area contributed by atoms with Crippen molar-refractivity contribution in [2.75, 3.05) is 37.4 Å². The number of carbonyl (C=O) groups excluding carboxylic acids is 1. The Morgan fingerprint density at radius 2 is 1.85 bits per heavy atom. The van der Waals surface area contributed by atoms with Gasteiger partial charge < -0.3 is 20.7 Å². The molecule has 0 spiro atoms. The number of halogens is 1. The van der Waals surface area contributed by atoms with Crippen molar-refractivity contribution in [3.63, 3.8) is 0 Å². The van der Waals surface area contributed by atoms with Crippen LogP contribution in [0.3, 0.4) is 0 Å². The number of nitrogens with zero attached hydrogens (tertiary/aromatic N) is 3. The summed E-state index contributed by atoms with van der Waals surface area (Å²) in [5.74, 6) is 2.59. The van der Waals surface area contributed by atoms with Gasteiger partial charge in [0.15, 0.2) is 5.82 Å². The zero-order valence-corrected chi connectivity index (χ0v) is 24.9. The number of aromatic nitrogens is 2. The minimum atomic E-state index is -0.477. The third kappa shape index (κ3) is 5.30. The standard InChI is InChI=1S/C30H43ClN6O2/c1-28(2,37-13-7-8-14-37)18-39-21-11-9-20(10-12-21)34-27-33-17-23(31)25(35-27)36-30(5)22(26(38)32-6)15-19-16-24(30)29(19,3)4/h9-12,17,19,22,24H,7-8,13-16,18H2,1-6H3,(H,32,38)(H2,33,34,35,36)/t19-,22-,24-,30+/m1/s1. The second-order valence-electron chi connectivity index (χ2n) is 13.0. The zero-order chi connectivity index (χ0) is 28.0. The maximum absolute atomic E-state index is 12.9. The summed E-state index contributed by atoms with van der Waals surface area (Å²) in [5.41, 5.74) is 0.537. The van der Waals surface area contributed by atoms with Crippen LogP contribution in [0.4, 0.5) is 17.5 Å². The molecular formula is C30H43ClN6O2. The zero-order valence-electron chi connectivity index (χ0n) is 24.1. The molecule has 1 aliphatic heterocycles. The van der Waals surface area contributed by atoms with Crippen molar-refractivity contribution in [3.05, 3.63) is 35.5 Å². The quantitative estimate of drug-likeness (QED) is 0.365. The Hall–Kier alpha value is -2.58. The number of ether oxygens (including phenoxy) is 1. The third-order valence-electron chi connectivity index (χ3n) is 9.80. The van der Waals surface area contributed by atoms with Gasteiger partial charge in [-0.25, -0.2) is 4.98 Å². The molecule has 1 aromatic carbocycles. The summed E-state index contributed by atoms with van der Waals surface area (Å²) in [7, 11) is 1.71. The van der Waals surface area contributed by atoms with Gasteiger partial charge in [-0.2, -0.15) is 4.98 Å². The lowest BCUT2D eigenvalue weighted by Gasteiger charge is -2.66. The highest BCUT2D eigenvalue weighted by Crippen LogP contribution is 2.65. The van der Waals surface area contributed by atoms with Gasteiger partial charge in [0.05, 0.1) is 17.7 Å². The highest BCUT2D eigenvalue weighted by Gasteiger charge is 2.64. The molecule has 9 heteroatoms. The number of anilines is 3. The van der Waals surface area contributed by atoms with E-state index in [1.807, 2.05) is 24.3 Å². The van der Waals surface area contributed by atoms with Crippen LogP contribution in [-0.2, 0) is 4.79 Å². The molecule has 4 atom stereocenters. The van der Waals surface area contributed by atoms with Crippen molar-refractivity contribution in [2.24, 2.45) is 23.2 Å². The molecule has 0 radical (unpaired) electrons. The second-order valence-corrected chi connectivity index (χ2v) is 13.4. The summed E-state index contributed by atoms with van der Waals surface area (Å²) in [5, 5.41) is 10.2. The van der Waals surface area contributed by atoms with Crippen molar-refractivity contribution in [3.8, 4) is 5.75 Å². The van der Waals surface area contributed by atoms with E-state index in [1.165, 1.54) is 12.8 Å². The van der Waals surface area contributed by atoms with Gasteiger partial charge >= 0.3 is 0 Å². The number of benzene rings is 1. The maximum Gasteiger partial charge on any atom is 0.229 e. The summed E-state index contributed by atoms with van der Waals surface area (Å²) < 4.78 is 6.13. The molecule has 2 bridgehead atoms. The van der Waals surface area contributed by atoms with E-state index in [2.05, 4.69) is 60.5 Å². The largest absolute Gasteiger partial charge is 0.492 e. The van der Waals surface area contributed by atoms with Crippen LogP contribution in [-0.4, -0.2) is 58.6 Å². The normalized spacial score (nSPS) is 27.9. The Labute approximate surface area is 237 Å². The molecule has 6 rings (SSSR count). The minimum Gasteiger partial charge on any atom is -0.492 e. The van der Waals surface area contributed by atoms with E-state index in [1.54, 1.807) is 13.2 Å². The first-order valence-electron chi connectivity index (χ1n) is 14.2. The monoisotopic (exact) mass is 554 g/mol. The van der Waals surface area contributed by atoms with Crippen LogP contribution in [0.15, 0.2) is 30.5 Å². The fourth-order valence-corrected chi connectivity index (χ4v) is 7.28. The van der Waals surface area contributed by atoms with E-state index < -0.39 is 5.54 Å². The Bertz CT molecular complexity index is 1200.